The summed E-state index contributed by atoms with van der Waals surface area (Å²) in [5.74, 6) is 0. The zero-order valence-electron chi connectivity index (χ0n) is 10.1. The van der Waals surface area contributed by atoms with Crippen LogP contribution in [0.1, 0.15) is 11.1 Å². The van der Waals surface area contributed by atoms with E-state index < -0.39 is 0 Å². The van der Waals surface area contributed by atoms with Crippen LogP contribution in [0.5, 0.6) is 0 Å². The Bertz CT molecular complexity index is 457. The number of benzene rings is 2. The topological polar surface area (TPSA) is 12.0 Å². The summed E-state index contributed by atoms with van der Waals surface area (Å²) in [5, 5.41) is 4.22. The van der Waals surface area contributed by atoms with Crippen LogP contribution in [-0.2, 0) is 13.0 Å². The summed E-state index contributed by atoms with van der Waals surface area (Å²) in [6.07, 6.45) is 1.06. The third kappa shape index (κ3) is 5.09. The van der Waals surface area contributed by atoms with Gasteiger partial charge in [0.15, 0.2) is 0 Å². The van der Waals surface area contributed by atoms with Gasteiger partial charge in [-0.05, 0) is 36.2 Å². The molecule has 0 amide bonds. The molecule has 0 fully saturated rings. The van der Waals surface area contributed by atoms with Gasteiger partial charge in [-0.1, -0.05) is 54.1 Å². The molecule has 2 aromatic carbocycles. The highest BCUT2D eigenvalue weighted by Gasteiger charge is 1.94. The Labute approximate surface area is 120 Å². The van der Waals surface area contributed by atoms with Gasteiger partial charge in [0, 0.05) is 11.6 Å². The van der Waals surface area contributed by atoms with Crippen molar-refractivity contribution in [3.8, 4) is 0 Å². The van der Waals surface area contributed by atoms with Crippen LogP contribution in [0.25, 0.3) is 0 Å². The second-order valence-electron chi connectivity index (χ2n) is 4.04. The molecule has 2 aromatic rings. The zero-order valence-corrected chi connectivity index (χ0v) is 11.7. The van der Waals surface area contributed by atoms with E-state index in [2.05, 4.69) is 35.6 Å². The number of rotatable bonds is 5. The predicted molar refractivity (Wildman–Crippen MR) is 80.6 cm³/mol. The second kappa shape index (κ2) is 8.15. The van der Waals surface area contributed by atoms with Gasteiger partial charge in [0.25, 0.3) is 0 Å². The first-order chi connectivity index (χ1) is 8.34. The highest BCUT2D eigenvalue weighted by atomic mass is 35.5. The van der Waals surface area contributed by atoms with Crippen molar-refractivity contribution < 1.29 is 0 Å². The first kappa shape index (κ1) is 15.0. The van der Waals surface area contributed by atoms with Gasteiger partial charge in [-0.2, -0.15) is 0 Å². The lowest BCUT2D eigenvalue weighted by molar-refractivity contribution is 0.687. The number of hydrogen-bond donors (Lipinski definition) is 1. The molecule has 0 heterocycles. The fourth-order valence-electron chi connectivity index (χ4n) is 1.76. The smallest absolute Gasteiger partial charge is 0.0409 e. The lowest BCUT2D eigenvalue weighted by Crippen LogP contribution is -2.16. The minimum atomic E-state index is 0. The minimum Gasteiger partial charge on any atom is -0.312 e. The van der Waals surface area contributed by atoms with Crippen molar-refractivity contribution >= 4 is 24.0 Å². The molecule has 0 aliphatic heterocycles. The standard InChI is InChI=1S/C15H16ClN.ClH/c16-15-8-4-7-14(11-15)12-17-10-9-13-5-2-1-3-6-13;/h1-8,11,17H,9-10,12H2;1H. The molecule has 1 N–H and O–H groups in total. The second-order valence-corrected chi connectivity index (χ2v) is 4.48. The number of halogens is 2. The van der Waals surface area contributed by atoms with E-state index in [1.807, 2.05) is 24.3 Å². The van der Waals surface area contributed by atoms with Crippen molar-refractivity contribution in [1.82, 2.24) is 5.32 Å². The molecular weight excluding hydrogens is 265 g/mol. The molecule has 0 aliphatic carbocycles. The summed E-state index contributed by atoms with van der Waals surface area (Å²) in [7, 11) is 0. The van der Waals surface area contributed by atoms with Crippen molar-refractivity contribution in [1.29, 1.82) is 0 Å². The summed E-state index contributed by atoms with van der Waals surface area (Å²) in [6.45, 7) is 1.85. The maximum atomic E-state index is 5.93. The first-order valence-corrected chi connectivity index (χ1v) is 6.21. The van der Waals surface area contributed by atoms with E-state index in [1.54, 1.807) is 0 Å². The molecule has 96 valence electrons. The largest absolute Gasteiger partial charge is 0.312 e. The van der Waals surface area contributed by atoms with Crippen molar-refractivity contribution in [2.24, 2.45) is 0 Å². The Morgan fingerprint density at radius 3 is 2.33 bits per heavy atom. The van der Waals surface area contributed by atoms with Crippen LogP contribution in [-0.4, -0.2) is 6.54 Å². The van der Waals surface area contributed by atoms with Gasteiger partial charge < -0.3 is 5.32 Å². The summed E-state index contributed by atoms with van der Waals surface area (Å²) >= 11 is 5.93. The maximum absolute atomic E-state index is 5.93. The number of nitrogens with one attached hydrogen (secondary N) is 1. The van der Waals surface area contributed by atoms with Crippen molar-refractivity contribution in [3.63, 3.8) is 0 Å². The monoisotopic (exact) mass is 281 g/mol. The van der Waals surface area contributed by atoms with E-state index in [0.717, 1.165) is 24.5 Å². The van der Waals surface area contributed by atoms with Gasteiger partial charge >= 0.3 is 0 Å². The van der Waals surface area contributed by atoms with Crippen LogP contribution in [0.4, 0.5) is 0 Å². The lowest BCUT2D eigenvalue weighted by atomic mass is 10.1. The third-order valence-electron chi connectivity index (χ3n) is 2.65. The molecule has 0 saturated carbocycles. The zero-order chi connectivity index (χ0) is 11.9. The molecule has 0 saturated heterocycles. The van der Waals surface area contributed by atoms with Crippen LogP contribution >= 0.6 is 24.0 Å². The van der Waals surface area contributed by atoms with Crippen LogP contribution in [0, 0.1) is 0 Å². The number of hydrogen-bond acceptors (Lipinski definition) is 1. The van der Waals surface area contributed by atoms with Crippen LogP contribution in [0.15, 0.2) is 54.6 Å². The molecule has 0 aromatic heterocycles. The van der Waals surface area contributed by atoms with E-state index in [-0.39, 0.29) is 12.4 Å². The molecular formula is C15H17Cl2N. The van der Waals surface area contributed by atoms with E-state index >= 15 is 0 Å². The fourth-order valence-corrected chi connectivity index (χ4v) is 1.97. The van der Waals surface area contributed by atoms with Crippen LogP contribution in [0.3, 0.4) is 0 Å². The van der Waals surface area contributed by atoms with E-state index in [9.17, 15) is 0 Å². The summed E-state index contributed by atoms with van der Waals surface area (Å²) in [6, 6.07) is 18.5. The van der Waals surface area contributed by atoms with Gasteiger partial charge in [-0.3, -0.25) is 0 Å². The Kier molecular flexibility index (Phi) is 6.81. The highest BCUT2D eigenvalue weighted by molar-refractivity contribution is 6.30. The quantitative estimate of drug-likeness (QED) is 0.814. The normalized spacial score (nSPS) is 9.83. The molecule has 0 aliphatic rings. The van der Waals surface area contributed by atoms with E-state index in [1.165, 1.54) is 11.1 Å². The molecule has 18 heavy (non-hydrogen) atoms. The first-order valence-electron chi connectivity index (χ1n) is 5.84. The van der Waals surface area contributed by atoms with Crippen LogP contribution < -0.4 is 5.32 Å². The maximum Gasteiger partial charge on any atom is 0.0409 e. The Morgan fingerprint density at radius 2 is 1.61 bits per heavy atom. The minimum absolute atomic E-state index is 0. The third-order valence-corrected chi connectivity index (χ3v) is 2.89. The fraction of sp³-hybridized carbons (Fsp3) is 0.200. The molecule has 0 bridgehead atoms. The Morgan fingerprint density at radius 1 is 0.889 bits per heavy atom. The van der Waals surface area contributed by atoms with Crippen LogP contribution in [0.2, 0.25) is 5.02 Å². The molecule has 0 spiro atoms. The Hall–Kier alpha value is -1.02. The SMILES string of the molecule is Cl.Clc1cccc(CNCCc2ccccc2)c1. The molecule has 2 rings (SSSR count). The van der Waals surface area contributed by atoms with Gasteiger partial charge in [0.1, 0.15) is 0 Å². The summed E-state index contributed by atoms with van der Waals surface area (Å²) in [5.41, 5.74) is 2.59. The van der Waals surface area contributed by atoms with Gasteiger partial charge in [0.05, 0.1) is 0 Å². The summed E-state index contributed by atoms with van der Waals surface area (Å²) < 4.78 is 0. The van der Waals surface area contributed by atoms with Crippen molar-refractivity contribution in [2.75, 3.05) is 6.54 Å². The van der Waals surface area contributed by atoms with E-state index in [4.69, 9.17) is 11.6 Å². The van der Waals surface area contributed by atoms with Gasteiger partial charge in [-0.15, -0.1) is 12.4 Å². The molecule has 0 unspecified atom stereocenters. The molecule has 0 radical (unpaired) electrons. The molecule has 3 heteroatoms. The molecule has 1 nitrogen and oxygen atoms in total. The lowest BCUT2D eigenvalue weighted by Gasteiger charge is -2.05. The summed E-state index contributed by atoms with van der Waals surface area (Å²) in [4.78, 5) is 0. The molecule has 0 atom stereocenters. The van der Waals surface area contributed by atoms with E-state index in [0.29, 0.717) is 0 Å². The van der Waals surface area contributed by atoms with Crippen molar-refractivity contribution in [2.45, 2.75) is 13.0 Å². The van der Waals surface area contributed by atoms with Gasteiger partial charge in [-0.25, -0.2) is 0 Å². The average Bonchev–Trinajstić information content (AvgIpc) is 2.36. The van der Waals surface area contributed by atoms with Crippen molar-refractivity contribution in [3.05, 3.63) is 70.7 Å². The Balaban J connectivity index is 0.00000162. The average molecular weight is 282 g/mol. The highest BCUT2D eigenvalue weighted by Crippen LogP contribution is 2.10. The predicted octanol–water partition coefficient (Wildman–Crippen LogP) is 4.09. The van der Waals surface area contributed by atoms with Gasteiger partial charge in [0.2, 0.25) is 0 Å².